The van der Waals surface area contributed by atoms with E-state index in [1.807, 2.05) is 6.92 Å². The highest BCUT2D eigenvalue weighted by molar-refractivity contribution is 7.89. The fourth-order valence-electron chi connectivity index (χ4n) is 2.45. The van der Waals surface area contributed by atoms with Gasteiger partial charge in [-0.1, -0.05) is 0 Å². The monoisotopic (exact) mass is 314 g/mol. The lowest BCUT2D eigenvalue weighted by atomic mass is 10.1. The van der Waals surface area contributed by atoms with Crippen molar-refractivity contribution in [2.75, 3.05) is 32.5 Å². The number of sulfonamides is 1. The minimum atomic E-state index is -3.60. The Morgan fingerprint density at radius 1 is 1.33 bits per heavy atom. The first-order valence-electron chi connectivity index (χ1n) is 7.04. The molecule has 0 atom stereocenters. The van der Waals surface area contributed by atoms with Gasteiger partial charge in [0.25, 0.3) is 0 Å². The van der Waals surface area contributed by atoms with Crippen LogP contribution in [-0.4, -0.2) is 45.6 Å². The Balaban J connectivity index is 2.29. The first-order chi connectivity index (χ1) is 9.98. The number of hydrogen-bond acceptors (Lipinski definition) is 5. The maximum Gasteiger partial charge on any atom is 0.246 e. The van der Waals surface area contributed by atoms with Crippen molar-refractivity contribution < 1.29 is 17.9 Å². The molecule has 0 saturated carbocycles. The van der Waals surface area contributed by atoms with Gasteiger partial charge in [-0.05, 0) is 38.0 Å². The zero-order chi connectivity index (χ0) is 15.5. The van der Waals surface area contributed by atoms with Gasteiger partial charge >= 0.3 is 0 Å². The van der Waals surface area contributed by atoms with Gasteiger partial charge in [0.05, 0.1) is 12.7 Å². The standard InChI is InChI=1S/C14H22N2O4S/c1-3-20-13-5-4-11(15)10-14(13)21(17,18)16-8-6-12(19-2)7-9-16/h4-5,10,12H,3,6-9,15H2,1-2H3. The summed E-state index contributed by atoms with van der Waals surface area (Å²) in [5, 5.41) is 0. The van der Waals surface area contributed by atoms with Crippen molar-refractivity contribution in [2.24, 2.45) is 0 Å². The molecule has 118 valence electrons. The fraction of sp³-hybridized carbons (Fsp3) is 0.571. The molecule has 21 heavy (non-hydrogen) atoms. The van der Waals surface area contributed by atoms with Crippen LogP contribution in [0.5, 0.6) is 5.75 Å². The normalized spacial score (nSPS) is 17.8. The molecular formula is C14H22N2O4S. The highest BCUT2D eigenvalue weighted by Crippen LogP contribution is 2.30. The van der Waals surface area contributed by atoms with Gasteiger partial charge in [-0.3, -0.25) is 0 Å². The summed E-state index contributed by atoms with van der Waals surface area (Å²) >= 11 is 0. The largest absolute Gasteiger partial charge is 0.492 e. The summed E-state index contributed by atoms with van der Waals surface area (Å²) in [4.78, 5) is 0.139. The highest BCUT2D eigenvalue weighted by atomic mass is 32.2. The Hall–Kier alpha value is -1.31. The predicted octanol–water partition coefficient (Wildman–Crippen LogP) is 1.47. The van der Waals surface area contributed by atoms with Gasteiger partial charge in [0.15, 0.2) is 0 Å². The van der Waals surface area contributed by atoms with Crippen molar-refractivity contribution in [3.8, 4) is 5.75 Å². The van der Waals surface area contributed by atoms with Crippen LogP contribution < -0.4 is 10.5 Å². The first kappa shape index (κ1) is 16.1. The van der Waals surface area contributed by atoms with E-state index in [4.69, 9.17) is 15.2 Å². The third-order valence-electron chi connectivity index (χ3n) is 3.62. The molecule has 1 heterocycles. The lowest BCUT2D eigenvalue weighted by molar-refractivity contribution is 0.0604. The Kier molecular flexibility index (Phi) is 5.08. The summed E-state index contributed by atoms with van der Waals surface area (Å²) in [6.45, 7) is 3.11. The van der Waals surface area contributed by atoms with Crippen LogP contribution in [0.4, 0.5) is 5.69 Å². The van der Waals surface area contributed by atoms with Crippen molar-refractivity contribution in [1.29, 1.82) is 0 Å². The second-order valence-corrected chi connectivity index (χ2v) is 6.88. The van der Waals surface area contributed by atoms with Crippen molar-refractivity contribution in [3.05, 3.63) is 18.2 Å². The van der Waals surface area contributed by atoms with Crippen LogP contribution in [0.2, 0.25) is 0 Å². The van der Waals surface area contributed by atoms with E-state index in [0.717, 1.165) is 0 Å². The number of nitrogens with zero attached hydrogens (tertiary/aromatic N) is 1. The van der Waals surface area contributed by atoms with E-state index < -0.39 is 10.0 Å². The van der Waals surface area contributed by atoms with Gasteiger partial charge in [0.1, 0.15) is 10.6 Å². The number of nitrogen functional groups attached to an aromatic ring is 1. The van der Waals surface area contributed by atoms with Crippen LogP contribution in [0.1, 0.15) is 19.8 Å². The number of benzene rings is 1. The quantitative estimate of drug-likeness (QED) is 0.832. The van der Waals surface area contributed by atoms with Crippen molar-refractivity contribution in [2.45, 2.75) is 30.8 Å². The third-order valence-corrected chi connectivity index (χ3v) is 5.54. The van der Waals surface area contributed by atoms with E-state index in [9.17, 15) is 8.42 Å². The maximum atomic E-state index is 12.8. The molecule has 1 aromatic carbocycles. The van der Waals surface area contributed by atoms with E-state index in [-0.39, 0.29) is 11.0 Å². The molecule has 1 aliphatic rings. The first-order valence-corrected chi connectivity index (χ1v) is 8.48. The van der Waals surface area contributed by atoms with Crippen molar-refractivity contribution in [1.82, 2.24) is 4.31 Å². The molecule has 1 saturated heterocycles. The summed E-state index contributed by atoms with van der Waals surface area (Å²) in [7, 11) is -1.94. The zero-order valence-corrected chi connectivity index (χ0v) is 13.2. The number of rotatable bonds is 5. The number of methoxy groups -OCH3 is 1. The summed E-state index contributed by atoms with van der Waals surface area (Å²) in [5.41, 5.74) is 6.14. The molecule has 6 nitrogen and oxygen atoms in total. The molecule has 0 spiro atoms. The molecule has 1 aromatic rings. The number of nitrogens with two attached hydrogens (primary N) is 1. The topological polar surface area (TPSA) is 81.9 Å². The van der Waals surface area contributed by atoms with E-state index in [1.54, 1.807) is 19.2 Å². The Morgan fingerprint density at radius 3 is 2.57 bits per heavy atom. The number of hydrogen-bond donors (Lipinski definition) is 1. The molecule has 1 aliphatic heterocycles. The number of anilines is 1. The van der Waals surface area contributed by atoms with Gasteiger partial charge in [-0.25, -0.2) is 8.42 Å². The Labute approximate surface area is 125 Å². The summed E-state index contributed by atoms with van der Waals surface area (Å²) in [6.07, 6.45) is 1.52. The smallest absolute Gasteiger partial charge is 0.246 e. The number of piperidine rings is 1. The van der Waals surface area contributed by atoms with Gasteiger partial charge < -0.3 is 15.2 Å². The minimum Gasteiger partial charge on any atom is -0.492 e. The molecule has 0 aliphatic carbocycles. The molecular weight excluding hydrogens is 292 g/mol. The molecule has 2 N–H and O–H groups in total. The van der Waals surface area contributed by atoms with E-state index >= 15 is 0 Å². The Bertz CT molecular complexity index is 581. The van der Waals surface area contributed by atoms with Crippen LogP contribution in [0.25, 0.3) is 0 Å². The Morgan fingerprint density at radius 2 is 2.00 bits per heavy atom. The predicted molar refractivity (Wildman–Crippen MR) is 80.8 cm³/mol. The van der Waals surface area contributed by atoms with Gasteiger partial charge in [-0.15, -0.1) is 0 Å². The molecule has 0 bridgehead atoms. The van der Waals surface area contributed by atoms with Crippen molar-refractivity contribution >= 4 is 15.7 Å². The number of ether oxygens (including phenoxy) is 2. The average molecular weight is 314 g/mol. The molecule has 0 radical (unpaired) electrons. The van der Waals surface area contributed by atoms with E-state index in [2.05, 4.69) is 0 Å². The zero-order valence-electron chi connectivity index (χ0n) is 12.4. The molecule has 2 rings (SSSR count). The van der Waals surface area contributed by atoms with Gasteiger partial charge in [0.2, 0.25) is 10.0 Å². The minimum absolute atomic E-state index is 0.128. The van der Waals surface area contributed by atoms with E-state index in [1.165, 1.54) is 10.4 Å². The van der Waals surface area contributed by atoms with Crippen LogP contribution in [0, 0.1) is 0 Å². The van der Waals surface area contributed by atoms with Crippen LogP contribution in [0.15, 0.2) is 23.1 Å². The molecule has 0 amide bonds. The van der Waals surface area contributed by atoms with Gasteiger partial charge in [0, 0.05) is 25.9 Å². The average Bonchev–Trinajstić information content (AvgIpc) is 2.49. The fourth-order valence-corrected chi connectivity index (χ4v) is 4.08. The highest BCUT2D eigenvalue weighted by Gasteiger charge is 2.31. The molecule has 7 heteroatoms. The maximum absolute atomic E-state index is 12.8. The molecule has 0 unspecified atom stereocenters. The second kappa shape index (κ2) is 6.64. The second-order valence-electron chi connectivity index (χ2n) is 4.98. The van der Waals surface area contributed by atoms with Crippen molar-refractivity contribution in [3.63, 3.8) is 0 Å². The molecule has 0 aromatic heterocycles. The summed E-state index contributed by atoms with van der Waals surface area (Å²) in [5.74, 6) is 0.348. The SMILES string of the molecule is CCOc1ccc(N)cc1S(=O)(=O)N1CCC(OC)CC1. The van der Waals surface area contributed by atoms with E-state index in [0.29, 0.717) is 44.0 Å². The van der Waals surface area contributed by atoms with Crippen LogP contribution in [0.3, 0.4) is 0 Å². The molecule has 1 fully saturated rings. The summed E-state index contributed by atoms with van der Waals surface area (Å²) in [6, 6.07) is 4.71. The van der Waals surface area contributed by atoms with Gasteiger partial charge in [-0.2, -0.15) is 4.31 Å². The van der Waals surface area contributed by atoms with Crippen LogP contribution >= 0.6 is 0 Å². The lowest BCUT2D eigenvalue weighted by Gasteiger charge is -2.30. The summed E-state index contributed by atoms with van der Waals surface area (Å²) < 4.78 is 37.7. The lowest BCUT2D eigenvalue weighted by Crippen LogP contribution is -2.40. The third kappa shape index (κ3) is 3.48. The van der Waals surface area contributed by atoms with Crippen LogP contribution in [-0.2, 0) is 14.8 Å².